The molecule has 0 aliphatic rings. The van der Waals surface area contributed by atoms with Crippen LogP contribution >= 0.6 is 0 Å². The summed E-state index contributed by atoms with van der Waals surface area (Å²) < 4.78 is 16.4. The van der Waals surface area contributed by atoms with Gasteiger partial charge in [-0.05, 0) is 74.0 Å². The van der Waals surface area contributed by atoms with Crippen LogP contribution in [0.1, 0.15) is 40.1 Å². The molecular weight excluding hydrogens is 462 g/mol. The lowest BCUT2D eigenvalue weighted by molar-refractivity contribution is -0.120. The van der Waals surface area contributed by atoms with Gasteiger partial charge in [0.15, 0.2) is 11.5 Å². The van der Waals surface area contributed by atoms with Gasteiger partial charge in [-0.25, -0.2) is 10.2 Å². The van der Waals surface area contributed by atoms with Crippen LogP contribution in [0.4, 0.5) is 0 Å². The van der Waals surface area contributed by atoms with Crippen molar-refractivity contribution in [2.24, 2.45) is 5.10 Å². The van der Waals surface area contributed by atoms with Crippen molar-refractivity contribution in [2.45, 2.75) is 13.8 Å². The van der Waals surface area contributed by atoms with Crippen molar-refractivity contribution in [1.82, 2.24) is 10.7 Å². The van der Waals surface area contributed by atoms with E-state index in [0.717, 1.165) is 0 Å². The van der Waals surface area contributed by atoms with Crippen molar-refractivity contribution >= 4 is 24.0 Å². The van der Waals surface area contributed by atoms with Crippen LogP contribution in [0.25, 0.3) is 0 Å². The number of benzene rings is 3. The average molecular weight is 490 g/mol. The molecule has 0 spiro atoms. The highest BCUT2D eigenvalue weighted by Gasteiger charge is 2.13. The Kier molecular flexibility index (Phi) is 9.58. The Morgan fingerprint density at radius 2 is 1.56 bits per heavy atom. The summed E-state index contributed by atoms with van der Waals surface area (Å²) in [5, 5.41) is 6.44. The number of hydrogen-bond acceptors (Lipinski definition) is 7. The van der Waals surface area contributed by atoms with Crippen molar-refractivity contribution in [3.05, 3.63) is 89.5 Å². The lowest BCUT2D eigenvalue weighted by atomic mass is 10.2. The molecule has 0 atom stereocenters. The Hall–Kier alpha value is -4.66. The van der Waals surface area contributed by atoms with Crippen molar-refractivity contribution < 1.29 is 28.6 Å². The SMILES string of the molecule is CCOc1ccc(C(=O)NCC(=O)N/N=C/c2ccc(OC(=O)c3ccccc3)c(OCC)c2)cc1. The molecule has 0 radical (unpaired) electrons. The van der Waals surface area contributed by atoms with Crippen molar-refractivity contribution in [3.63, 3.8) is 0 Å². The summed E-state index contributed by atoms with van der Waals surface area (Å²) in [6, 6.07) is 20.1. The van der Waals surface area contributed by atoms with Gasteiger partial charge >= 0.3 is 5.97 Å². The fourth-order valence-electron chi connectivity index (χ4n) is 3.04. The second-order valence-electron chi connectivity index (χ2n) is 7.33. The van der Waals surface area contributed by atoms with Crippen LogP contribution in [0.3, 0.4) is 0 Å². The highest BCUT2D eigenvalue weighted by Crippen LogP contribution is 2.29. The maximum atomic E-state index is 12.4. The van der Waals surface area contributed by atoms with Crippen LogP contribution in [0.2, 0.25) is 0 Å². The largest absolute Gasteiger partial charge is 0.494 e. The molecule has 36 heavy (non-hydrogen) atoms. The van der Waals surface area contributed by atoms with E-state index in [2.05, 4.69) is 15.8 Å². The van der Waals surface area contributed by atoms with E-state index < -0.39 is 11.9 Å². The molecule has 0 fully saturated rings. The lowest BCUT2D eigenvalue weighted by Gasteiger charge is -2.11. The van der Waals surface area contributed by atoms with Crippen molar-refractivity contribution in [2.75, 3.05) is 19.8 Å². The maximum absolute atomic E-state index is 12.4. The monoisotopic (exact) mass is 489 g/mol. The molecule has 0 aliphatic heterocycles. The van der Waals surface area contributed by atoms with Gasteiger partial charge < -0.3 is 19.5 Å². The minimum absolute atomic E-state index is 0.248. The number of carbonyl (C=O) groups excluding carboxylic acids is 3. The van der Waals surface area contributed by atoms with Crippen molar-refractivity contribution in [3.8, 4) is 17.2 Å². The van der Waals surface area contributed by atoms with Crippen LogP contribution in [-0.4, -0.2) is 43.8 Å². The van der Waals surface area contributed by atoms with Gasteiger partial charge in [0.2, 0.25) is 0 Å². The van der Waals surface area contributed by atoms with Crippen LogP contribution in [0.15, 0.2) is 77.9 Å². The predicted octanol–water partition coefficient (Wildman–Crippen LogP) is 3.58. The van der Waals surface area contributed by atoms with E-state index in [4.69, 9.17) is 14.2 Å². The standard InChI is InChI=1S/C27H27N3O6/c1-3-34-22-13-11-20(12-14-22)26(32)28-18-25(31)30-29-17-19-10-15-23(24(16-19)35-4-2)36-27(33)21-8-6-5-7-9-21/h5-17H,3-4,18H2,1-2H3,(H,28,32)(H,30,31)/b29-17+. The van der Waals surface area contributed by atoms with E-state index in [1.165, 1.54) is 6.21 Å². The summed E-state index contributed by atoms with van der Waals surface area (Å²) in [4.78, 5) is 36.6. The molecule has 186 valence electrons. The van der Waals surface area contributed by atoms with Gasteiger partial charge in [-0.2, -0.15) is 5.10 Å². The molecule has 3 aromatic rings. The number of hydrazone groups is 1. The van der Waals surface area contributed by atoms with E-state index in [-0.39, 0.29) is 18.2 Å². The van der Waals surface area contributed by atoms with Crippen LogP contribution < -0.4 is 25.0 Å². The molecule has 3 aromatic carbocycles. The van der Waals surface area contributed by atoms with Gasteiger partial charge in [-0.1, -0.05) is 18.2 Å². The molecule has 9 heteroatoms. The predicted molar refractivity (Wildman–Crippen MR) is 135 cm³/mol. The summed E-state index contributed by atoms with van der Waals surface area (Å²) >= 11 is 0. The molecule has 2 N–H and O–H groups in total. The molecule has 0 bridgehead atoms. The van der Waals surface area contributed by atoms with Crippen molar-refractivity contribution in [1.29, 1.82) is 0 Å². The number of amides is 2. The number of esters is 1. The zero-order valence-corrected chi connectivity index (χ0v) is 20.0. The first kappa shape index (κ1) is 26.0. The third-order valence-corrected chi connectivity index (χ3v) is 4.72. The first-order valence-corrected chi connectivity index (χ1v) is 11.4. The van der Waals surface area contributed by atoms with Gasteiger partial charge in [0, 0.05) is 5.56 Å². The molecule has 0 saturated carbocycles. The summed E-state index contributed by atoms with van der Waals surface area (Å²) in [6.07, 6.45) is 1.41. The van der Waals surface area contributed by atoms with Crippen LogP contribution in [-0.2, 0) is 4.79 Å². The van der Waals surface area contributed by atoms with Crippen LogP contribution in [0, 0.1) is 0 Å². The molecule has 2 amide bonds. The van der Waals surface area contributed by atoms with Gasteiger partial charge in [-0.3, -0.25) is 9.59 Å². The second-order valence-corrected chi connectivity index (χ2v) is 7.33. The molecule has 0 aromatic heterocycles. The number of ether oxygens (including phenoxy) is 3. The summed E-state index contributed by atoms with van der Waals surface area (Å²) in [5.41, 5.74) is 3.79. The zero-order valence-electron chi connectivity index (χ0n) is 20.0. The first-order valence-electron chi connectivity index (χ1n) is 11.4. The van der Waals surface area contributed by atoms with Gasteiger partial charge in [0.05, 0.1) is 31.5 Å². The normalized spacial score (nSPS) is 10.5. The Bertz CT molecular complexity index is 1210. The first-order chi connectivity index (χ1) is 17.5. The number of hydrogen-bond donors (Lipinski definition) is 2. The Morgan fingerprint density at radius 1 is 0.833 bits per heavy atom. The molecule has 0 aliphatic carbocycles. The minimum atomic E-state index is -0.502. The Morgan fingerprint density at radius 3 is 2.25 bits per heavy atom. The third-order valence-electron chi connectivity index (χ3n) is 4.72. The van der Waals surface area contributed by atoms with E-state index in [1.54, 1.807) is 66.7 Å². The number of rotatable bonds is 11. The topological polar surface area (TPSA) is 115 Å². The Labute approximate surface area is 209 Å². The van der Waals surface area contributed by atoms with Gasteiger partial charge in [0.25, 0.3) is 11.8 Å². The van der Waals surface area contributed by atoms with E-state index in [0.29, 0.717) is 41.4 Å². The van der Waals surface area contributed by atoms with Crippen LogP contribution in [0.5, 0.6) is 17.2 Å². The number of nitrogens with one attached hydrogen (secondary N) is 2. The summed E-state index contributed by atoms with van der Waals surface area (Å²) in [5.74, 6) is -0.0970. The molecule has 3 rings (SSSR count). The quantitative estimate of drug-likeness (QED) is 0.184. The summed E-state index contributed by atoms with van der Waals surface area (Å²) in [7, 11) is 0. The third kappa shape index (κ3) is 7.69. The maximum Gasteiger partial charge on any atom is 0.343 e. The fraction of sp³-hybridized carbons (Fsp3) is 0.185. The van der Waals surface area contributed by atoms with Gasteiger partial charge in [-0.15, -0.1) is 0 Å². The summed E-state index contributed by atoms with van der Waals surface area (Å²) in [6.45, 7) is 4.33. The van der Waals surface area contributed by atoms with Gasteiger partial charge in [0.1, 0.15) is 5.75 Å². The average Bonchev–Trinajstić information content (AvgIpc) is 2.90. The fourth-order valence-corrected chi connectivity index (χ4v) is 3.04. The second kappa shape index (κ2) is 13.3. The van der Waals surface area contributed by atoms with E-state index >= 15 is 0 Å². The molecular formula is C27H27N3O6. The smallest absolute Gasteiger partial charge is 0.343 e. The minimum Gasteiger partial charge on any atom is -0.494 e. The zero-order chi connectivity index (χ0) is 25.8. The van der Waals surface area contributed by atoms with E-state index in [1.807, 2.05) is 19.9 Å². The molecule has 9 nitrogen and oxygen atoms in total. The molecule has 0 heterocycles. The highest BCUT2D eigenvalue weighted by atomic mass is 16.6. The molecule has 0 saturated heterocycles. The number of nitrogens with zero attached hydrogens (tertiary/aromatic N) is 1. The molecule has 0 unspecified atom stereocenters. The lowest BCUT2D eigenvalue weighted by Crippen LogP contribution is -2.34. The number of carbonyl (C=O) groups is 3. The highest BCUT2D eigenvalue weighted by molar-refractivity contribution is 5.96. The Balaban J connectivity index is 1.53. The van der Waals surface area contributed by atoms with E-state index in [9.17, 15) is 14.4 Å².